The SMILES string of the molecule is CCNC(c1csc(C)c1)c1cc(C)ccc1C. The summed E-state index contributed by atoms with van der Waals surface area (Å²) >= 11 is 1.82. The molecule has 1 N–H and O–H groups in total. The fraction of sp³-hybridized carbons (Fsp3) is 0.375. The molecule has 0 bridgehead atoms. The van der Waals surface area contributed by atoms with Crippen molar-refractivity contribution in [2.45, 2.75) is 33.7 Å². The standard InChI is InChI=1S/C16H21NS/c1-5-17-16(14-9-13(4)18-10-14)15-8-11(2)6-7-12(15)3/h6-10,16-17H,5H2,1-4H3. The van der Waals surface area contributed by atoms with Crippen LogP contribution in [0.2, 0.25) is 0 Å². The first-order valence-electron chi connectivity index (χ1n) is 6.47. The maximum atomic E-state index is 3.60. The van der Waals surface area contributed by atoms with Gasteiger partial charge in [0.1, 0.15) is 0 Å². The Morgan fingerprint density at radius 1 is 1.17 bits per heavy atom. The van der Waals surface area contributed by atoms with E-state index in [0.29, 0.717) is 6.04 Å². The van der Waals surface area contributed by atoms with Gasteiger partial charge in [0.15, 0.2) is 0 Å². The van der Waals surface area contributed by atoms with Gasteiger partial charge >= 0.3 is 0 Å². The van der Waals surface area contributed by atoms with Crippen molar-refractivity contribution in [3.05, 3.63) is 56.8 Å². The van der Waals surface area contributed by atoms with E-state index in [4.69, 9.17) is 0 Å². The molecule has 96 valence electrons. The number of hydrogen-bond donors (Lipinski definition) is 1. The molecule has 0 saturated heterocycles. The topological polar surface area (TPSA) is 12.0 Å². The van der Waals surface area contributed by atoms with Crippen molar-refractivity contribution in [2.24, 2.45) is 0 Å². The average molecular weight is 259 g/mol. The van der Waals surface area contributed by atoms with E-state index in [1.54, 1.807) is 0 Å². The number of nitrogens with one attached hydrogen (secondary N) is 1. The highest BCUT2D eigenvalue weighted by molar-refractivity contribution is 7.10. The predicted molar refractivity (Wildman–Crippen MR) is 80.5 cm³/mol. The van der Waals surface area contributed by atoms with Crippen LogP contribution in [0, 0.1) is 20.8 Å². The van der Waals surface area contributed by atoms with Gasteiger partial charge in [-0.3, -0.25) is 0 Å². The molecule has 1 nitrogen and oxygen atoms in total. The fourth-order valence-electron chi connectivity index (χ4n) is 2.30. The van der Waals surface area contributed by atoms with Crippen LogP contribution in [0.3, 0.4) is 0 Å². The summed E-state index contributed by atoms with van der Waals surface area (Å²) in [5, 5.41) is 5.87. The van der Waals surface area contributed by atoms with Crippen LogP contribution >= 0.6 is 11.3 Å². The van der Waals surface area contributed by atoms with E-state index < -0.39 is 0 Å². The Morgan fingerprint density at radius 3 is 2.56 bits per heavy atom. The van der Waals surface area contributed by atoms with Crippen LogP contribution in [-0.2, 0) is 0 Å². The second-order valence-electron chi connectivity index (χ2n) is 4.84. The van der Waals surface area contributed by atoms with Gasteiger partial charge in [-0.05, 0) is 55.5 Å². The quantitative estimate of drug-likeness (QED) is 0.859. The van der Waals surface area contributed by atoms with E-state index in [0.717, 1.165) is 6.54 Å². The zero-order valence-electron chi connectivity index (χ0n) is 11.6. The molecule has 0 radical (unpaired) electrons. The molecule has 0 saturated carbocycles. The third kappa shape index (κ3) is 2.82. The zero-order valence-corrected chi connectivity index (χ0v) is 12.4. The third-order valence-electron chi connectivity index (χ3n) is 3.24. The lowest BCUT2D eigenvalue weighted by Gasteiger charge is -2.20. The minimum atomic E-state index is 0.319. The third-order valence-corrected chi connectivity index (χ3v) is 4.12. The van der Waals surface area contributed by atoms with Gasteiger partial charge in [0.25, 0.3) is 0 Å². The van der Waals surface area contributed by atoms with Crippen LogP contribution in [0.25, 0.3) is 0 Å². The summed E-state index contributed by atoms with van der Waals surface area (Å²) in [6.45, 7) is 9.66. The number of thiophene rings is 1. The van der Waals surface area contributed by atoms with Crippen LogP contribution in [-0.4, -0.2) is 6.54 Å². The fourth-order valence-corrected chi connectivity index (χ4v) is 3.03. The summed E-state index contributed by atoms with van der Waals surface area (Å²) in [6, 6.07) is 9.31. The van der Waals surface area contributed by atoms with E-state index >= 15 is 0 Å². The first-order chi connectivity index (χ1) is 8.61. The highest BCUT2D eigenvalue weighted by Crippen LogP contribution is 2.28. The largest absolute Gasteiger partial charge is 0.306 e. The lowest BCUT2D eigenvalue weighted by Crippen LogP contribution is -2.22. The number of benzene rings is 1. The van der Waals surface area contributed by atoms with Gasteiger partial charge in [-0.1, -0.05) is 30.7 Å². The van der Waals surface area contributed by atoms with Crippen molar-refractivity contribution >= 4 is 11.3 Å². The maximum Gasteiger partial charge on any atom is 0.0587 e. The highest BCUT2D eigenvalue weighted by Gasteiger charge is 2.16. The van der Waals surface area contributed by atoms with Gasteiger partial charge in [-0.2, -0.15) is 0 Å². The summed E-state index contributed by atoms with van der Waals surface area (Å²) in [4.78, 5) is 1.37. The summed E-state index contributed by atoms with van der Waals surface area (Å²) in [6.07, 6.45) is 0. The van der Waals surface area contributed by atoms with E-state index in [1.165, 1.54) is 27.1 Å². The molecule has 0 aliphatic heterocycles. The van der Waals surface area contributed by atoms with Crippen molar-refractivity contribution in [3.63, 3.8) is 0 Å². The van der Waals surface area contributed by atoms with Crippen molar-refractivity contribution in [2.75, 3.05) is 6.54 Å². The minimum Gasteiger partial charge on any atom is -0.306 e. The van der Waals surface area contributed by atoms with Crippen molar-refractivity contribution < 1.29 is 0 Å². The molecular formula is C16H21NS. The van der Waals surface area contributed by atoms with Crippen LogP contribution in [0.5, 0.6) is 0 Å². The Labute approximate surface area is 114 Å². The molecule has 1 heterocycles. The summed E-state index contributed by atoms with van der Waals surface area (Å²) in [5.41, 5.74) is 5.46. The smallest absolute Gasteiger partial charge is 0.0587 e. The Kier molecular flexibility index (Phi) is 4.20. The average Bonchev–Trinajstić information content (AvgIpc) is 2.76. The molecule has 1 aromatic carbocycles. The molecule has 1 atom stereocenters. The second kappa shape index (κ2) is 5.68. The van der Waals surface area contributed by atoms with E-state index in [-0.39, 0.29) is 0 Å². The molecule has 0 amide bonds. The highest BCUT2D eigenvalue weighted by atomic mass is 32.1. The predicted octanol–water partition coefficient (Wildman–Crippen LogP) is 4.37. The molecule has 0 aliphatic rings. The van der Waals surface area contributed by atoms with Gasteiger partial charge < -0.3 is 5.32 Å². The normalized spacial score (nSPS) is 12.7. The molecule has 1 unspecified atom stereocenters. The summed E-state index contributed by atoms with van der Waals surface area (Å²) < 4.78 is 0. The molecule has 1 aromatic heterocycles. The summed E-state index contributed by atoms with van der Waals surface area (Å²) in [5.74, 6) is 0. The number of hydrogen-bond acceptors (Lipinski definition) is 2. The van der Waals surface area contributed by atoms with E-state index in [2.05, 4.69) is 62.7 Å². The van der Waals surface area contributed by atoms with Crippen LogP contribution < -0.4 is 5.32 Å². The molecule has 2 heteroatoms. The van der Waals surface area contributed by atoms with Crippen LogP contribution in [0.15, 0.2) is 29.6 Å². The number of rotatable bonds is 4. The monoisotopic (exact) mass is 259 g/mol. The number of aryl methyl sites for hydroxylation is 3. The Bertz CT molecular complexity index is 528. The summed E-state index contributed by atoms with van der Waals surface area (Å²) in [7, 11) is 0. The van der Waals surface area contributed by atoms with Crippen molar-refractivity contribution in [3.8, 4) is 0 Å². The van der Waals surface area contributed by atoms with E-state index in [9.17, 15) is 0 Å². The first kappa shape index (κ1) is 13.3. The van der Waals surface area contributed by atoms with Crippen LogP contribution in [0.4, 0.5) is 0 Å². The lowest BCUT2D eigenvalue weighted by molar-refractivity contribution is 0.629. The molecule has 2 aromatic rings. The Hall–Kier alpha value is -1.12. The van der Waals surface area contributed by atoms with Crippen molar-refractivity contribution in [1.29, 1.82) is 0 Å². The second-order valence-corrected chi connectivity index (χ2v) is 5.96. The van der Waals surface area contributed by atoms with Gasteiger partial charge in [0.2, 0.25) is 0 Å². The maximum absolute atomic E-state index is 3.60. The van der Waals surface area contributed by atoms with Gasteiger partial charge in [0, 0.05) is 4.88 Å². The first-order valence-corrected chi connectivity index (χ1v) is 7.35. The van der Waals surface area contributed by atoms with Gasteiger partial charge in [-0.15, -0.1) is 11.3 Å². The molecule has 0 aliphatic carbocycles. The lowest BCUT2D eigenvalue weighted by atomic mass is 9.95. The van der Waals surface area contributed by atoms with E-state index in [1.807, 2.05) is 11.3 Å². The van der Waals surface area contributed by atoms with Gasteiger partial charge in [-0.25, -0.2) is 0 Å². The zero-order chi connectivity index (χ0) is 13.1. The molecule has 0 spiro atoms. The molecule has 0 fully saturated rings. The Balaban J connectivity index is 2.44. The van der Waals surface area contributed by atoms with Crippen LogP contribution in [0.1, 0.15) is 40.1 Å². The van der Waals surface area contributed by atoms with Gasteiger partial charge in [0.05, 0.1) is 6.04 Å². The molecular weight excluding hydrogens is 238 g/mol. The minimum absolute atomic E-state index is 0.319. The Morgan fingerprint density at radius 2 is 1.94 bits per heavy atom. The molecule has 2 rings (SSSR count). The molecule has 18 heavy (non-hydrogen) atoms. The van der Waals surface area contributed by atoms with Crippen molar-refractivity contribution in [1.82, 2.24) is 5.32 Å².